The van der Waals surface area contributed by atoms with E-state index in [4.69, 9.17) is 23.7 Å². The highest BCUT2D eigenvalue weighted by Gasteiger charge is 2.36. The third-order valence-corrected chi connectivity index (χ3v) is 11.1. The number of likely N-dealkylation sites (N-methyl/N-ethyl adjacent to an activating group) is 2. The number of fused-ring (bicyclic) bond motifs is 2. The molecular formula is C44H48N4O5. The molecule has 0 amide bonds. The Morgan fingerprint density at radius 2 is 1.49 bits per heavy atom. The molecule has 53 heavy (non-hydrogen) atoms. The molecule has 5 aromatic rings. The number of ether oxygens (including phenoxy) is 5. The second-order valence-electron chi connectivity index (χ2n) is 14.3. The molecule has 0 saturated carbocycles. The van der Waals surface area contributed by atoms with Crippen LogP contribution in [0.1, 0.15) is 56.7 Å². The maximum atomic E-state index is 7.13. The van der Waals surface area contributed by atoms with Gasteiger partial charge in [0.2, 0.25) is 5.75 Å². The highest BCUT2D eigenvalue weighted by Crippen LogP contribution is 2.53. The minimum Gasteiger partial charge on any atom is -0.493 e. The zero-order chi connectivity index (χ0) is 36.5. The molecule has 0 radical (unpaired) electrons. The molecule has 0 fully saturated rings. The molecule has 4 aliphatic heterocycles. The van der Waals surface area contributed by atoms with Gasteiger partial charge in [0.15, 0.2) is 23.0 Å². The molecule has 9 rings (SSSR count). The van der Waals surface area contributed by atoms with Gasteiger partial charge < -0.3 is 29.0 Å². The molecule has 0 saturated heterocycles. The van der Waals surface area contributed by atoms with E-state index in [1.54, 1.807) is 21.3 Å². The van der Waals surface area contributed by atoms with Crippen LogP contribution in [0.4, 0.5) is 0 Å². The lowest BCUT2D eigenvalue weighted by molar-refractivity contribution is 0.220. The summed E-state index contributed by atoms with van der Waals surface area (Å²) in [5, 5.41) is 3.64. The Hall–Kier alpha value is -5.09. The number of aromatic nitrogens is 1. The fraction of sp³-hybridized carbons (Fsp3) is 0.341. The van der Waals surface area contributed by atoms with Crippen molar-refractivity contribution in [1.82, 2.24) is 20.1 Å². The van der Waals surface area contributed by atoms with Crippen molar-refractivity contribution in [3.05, 3.63) is 130 Å². The van der Waals surface area contributed by atoms with Crippen LogP contribution < -0.4 is 29.0 Å². The van der Waals surface area contributed by atoms with Gasteiger partial charge in [-0.2, -0.15) is 0 Å². The first kappa shape index (κ1) is 35.0. The van der Waals surface area contributed by atoms with Crippen molar-refractivity contribution in [3.8, 4) is 40.2 Å². The summed E-state index contributed by atoms with van der Waals surface area (Å²) in [4.78, 5) is 9.40. The van der Waals surface area contributed by atoms with Crippen LogP contribution in [0.5, 0.6) is 40.2 Å². The number of methoxy groups -OCH3 is 3. The van der Waals surface area contributed by atoms with Gasteiger partial charge in [-0.05, 0) is 116 Å². The van der Waals surface area contributed by atoms with Crippen molar-refractivity contribution in [2.24, 2.45) is 0 Å². The van der Waals surface area contributed by atoms with E-state index in [2.05, 4.69) is 88.8 Å². The van der Waals surface area contributed by atoms with Gasteiger partial charge in [0.1, 0.15) is 11.5 Å². The Labute approximate surface area is 312 Å². The Balaban J connectivity index is 1.31. The van der Waals surface area contributed by atoms with Gasteiger partial charge in [0, 0.05) is 55.6 Å². The quantitative estimate of drug-likeness (QED) is 0.182. The van der Waals surface area contributed by atoms with Crippen molar-refractivity contribution in [3.63, 3.8) is 0 Å². The zero-order valence-corrected chi connectivity index (χ0v) is 31.3. The van der Waals surface area contributed by atoms with E-state index in [0.29, 0.717) is 48.3 Å². The molecule has 1 N–H and O–H groups in total. The Bertz CT molecular complexity index is 2090. The third kappa shape index (κ3) is 6.92. The predicted octanol–water partition coefficient (Wildman–Crippen LogP) is 7.84. The number of benzene rings is 4. The molecule has 5 heterocycles. The van der Waals surface area contributed by atoms with E-state index in [1.807, 2.05) is 30.5 Å². The number of nitrogens with one attached hydrogen (secondary N) is 1. The first-order chi connectivity index (χ1) is 25.9. The SMILES string of the molecule is COc1ccc2cc1Oc1ccc(cc1)C[C@H]1c3cc(ccc3CCN1C)Oc1c(OC)c(OC)c(CNCc3ccccn3)c3c1[C@H](C2)N(C)CC3. The van der Waals surface area contributed by atoms with Crippen molar-refractivity contribution in [2.45, 2.75) is 50.9 Å². The summed E-state index contributed by atoms with van der Waals surface area (Å²) < 4.78 is 31.9. The number of pyridine rings is 1. The third-order valence-electron chi connectivity index (χ3n) is 11.1. The van der Waals surface area contributed by atoms with Crippen LogP contribution in [0.3, 0.4) is 0 Å². The van der Waals surface area contributed by atoms with Crippen LogP contribution >= 0.6 is 0 Å². The normalized spacial score (nSPS) is 18.2. The van der Waals surface area contributed by atoms with Gasteiger partial charge in [0.25, 0.3) is 0 Å². The van der Waals surface area contributed by atoms with Crippen molar-refractivity contribution in [1.29, 1.82) is 0 Å². The zero-order valence-electron chi connectivity index (χ0n) is 31.3. The first-order valence-corrected chi connectivity index (χ1v) is 18.5. The number of hydrogen-bond donors (Lipinski definition) is 1. The van der Waals surface area contributed by atoms with Gasteiger partial charge in [-0.3, -0.25) is 14.8 Å². The Morgan fingerprint density at radius 3 is 2.26 bits per heavy atom. The molecule has 274 valence electrons. The summed E-state index contributed by atoms with van der Waals surface area (Å²) in [5.41, 5.74) is 9.42. The highest BCUT2D eigenvalue weighted by molar-refractivity contribution is 5.67. The van der Waals surface area contributed by atoms with Crippen molar-refractivity contribution >= 4 is 0 Å². The fourth-order valence-electron chi connectivity index (χ4n) is 8.31. The topological polar surface area (TPSA) is 77.5 Å². The number of hydrogen-bond acceptors (Lipinski definition) is 9. The molecule has 2 atom stereocenters. The molecule has 0 unspecified atom stereocenters. The smallest absolute Gasteiger partial charge is 0.204 e. The molecule has 1 aromatic heterocycles. The van der Waals surface area contributed by atoms with Crippen LogP contribution in [0.15, 0.2) is 85.1 Å². The van der Waals surface area contributed by atoms with Crippen molar-refractivity contribution < 1.29 is 23.7 Å². The molecule has 4 aliphatic rings. The summed E-state index contributed by atoms with van der Waals surface area (Å²) in [5.74, 6) is 4.94. The summed E-state index contributed by atoms with van der Waals surface area (Å²) in [6.45, 7) is 3.09. The van der Waals surface area contributed by atoms with Crippen molar-refractivity contribution in [2.75, 3.05) is 48.5 Å². The largest absolute Gasteiger partial charge is 0.493 e. The number of rotatable bonds is 7. The van der Waals surface area contributed by atoms with Crippen LogP contribution in [-0.4, -0.2) is 63.3 Å². The molecule has 0 spiro atoms. The van der Waals surface area contributed by atoms with Gasteiger partial charge >= 0.3 is 0 Å². The van der Waals surface area contributed by atoms with E-state index in [9.17, 15) is 0 Å². The molecule has 9 nitrogen and oxygen atoms in total. The molecule has 6 bridgehead atoms. The van der Waals surface area contributed by atoms with Crippen LogP contribution in [0.25, 0.3) is 0 Å². The fourth-order valence-corrected chi connectivity index (χ4v) is 8.31. The minimum atomic E-state index is -0.0287. The van der Waals surface area contributed by atoms with Crippen LogP contribution in [0.2, 0.25) is 0 Å². The predicted molar refractivity (Wildman–Crippen MR) is 206 cm³/mol. The second-order valence-corrected chi connectivity index (χ2v) is 14.3. The highest BCUT2D eigenvalue weighted by atomic mass is 16.5. The summed E-state index contributed by atoms with van der Waals surface area (Å²) in [6, 6.07) is 27.5. The first-order valence-electron chi connectivity index (χ1n) is 18.5. The Kier molecular flexibility index (Phi) is 9.96. The molecule has 0 aliphatic carbocycles. The van der Waals surface area contributed by atoms with Gasteiger partial charge in [-0.15, -0.1) is 0 Å². The number of nitrogens with zero attached hydrogens (tertiary/aromatic N) is 3. The minimum absolute atomic E-state index is 0.0287. The lowest BCUT2D eigenvalue weighted by Gasteiger charge is -2.38. The van der Waals surface area contributed by atoms with E-state index in [-0.39, 0.29) is 12.1 Å². The average molecular weight is 713 g/mol. The monoisotopic (exact) mass is 712 g/mol. The van der Waals surface area contributed by atoms with Gasteiger partial charge in [0.05, 0.1) is 27.0 Å². The maximum Gasteiger partial charge on any atom is 0.204 e. The standard InChI is InChI=1S/C44H48N4O5/c1-47-20-17-30-12-15-33-25-35(30)37(47)22-28-9-13-32(14-10-28)52-40-24-29(11-16-39(40)49-3)23-38-41-34(18-21-48(38)2)36(27-45-26-31-8-6-7-19-46-31)42(50-4)44(51-5)43(41)53-33/h6-16,19,24-25,37-38,45H,17-18,20-23,26-27H2,1-5H3/t37-,38-/m0/s1. The van der Waals surface area contributed by atoms with E-state index in [1.165, 1.54) is 22.3 Å². The summed E-state index contributed by atoms with van der Waals surface area (Å²) >= 11 is 0. The molecule has 4 aromatic carbocycles. The van der Waals surface area contributed by atoms with E-state index >= 15 is 0 Å². The molecule has 9 heteroatoms. The lowest BCUT2D eigenvalue weighted by atomic mass is 9.84. The van der Waals surface area contributed by atoms with Gasteiger partial charge in [-0.1, -0.05) is 30.3 Å². The summed E-state index contributed by atoms with van der Waals surface area (Å²) in [7, 11) is 9.52. The van der Waals surface area contributed by atoms with Crippen LogP contribution in [-0.2, 0) is 38.8 Å². The van der Waals surface area contributed by atoms with E-state index in [0.717, 1.165) is 66.2 Å². The second kappa shape index (κ2) is 15.1. The van der Waals surface area contributed by atoms with Gasteiger partial charge in [-0.25, -0.2) is 0 Å². The van der Waals surface area contributed by atoms with Crippen LogP contribution in [0, 0.1) is 0 Å². The lowest BCUT2D eigenvalue weighted by Crippen LogP contribution is -2.35. The maximum absolute atomic E-state index is 7.13. The molecular weight excluding hydrogens is 665 g/mol. The summed E-state index contributed by atoms with van der Waals surface area (Å²) in [6.07, 6.45) is 5.24. The van der Waals surface area contributed by atoms with E-state index < -0.39 is 0 Å². The Morgan fingerprint density at radius 1 is 0.736 bits per heavy atom. The average Bonchev–Trinajstić information content (AvgIpc) is 3.18.